The smallest absolute Gasteiger partial charge is 0.168 e. The Morgan fingerprint density at radius 1 is 0.800 bits per heavy atom. The van der Waals surface area contributed by atoms with Crippen molar-refractivity contribution in [1.82, 2.24) is 0 Å². The Morgan fingerprint density at radius 2 is 1.37 bits per heavy atom. The molecule has 2 aromatic carbocycles. The molecule has 1 fully saturated rings. The van der Waals surface area contributed by atoms with Crippen molar-refractivity contribution < 1.29 is 9.47 Å². The SMILES string of the molecule is CC(C)(C)c1ccc2c(c1)SC1SC3(C)Oc4ccc(C(C)(C)C)cc4SC3C1O2. The third-order valence-corrected chi connectivity index (χ3v) is 10.8. The molecule has 2 nitrogen and oxygen atoms in total. The molecule has 0 N–H and O–H groups in total. The van der Waals surface area contributed by atoms with E-state index < -0.39 is 0 Å². The molecule has 0 radical (unpaired) electrons. The molecule has 4 atom stereocenters. The lowest BCUT2D eigenvalue weighted by Gasteiger charge is -2.38. The van der Waals surface area contributed by atoms with E-state index in [1.807, 2.05) is 35.3 Å². The predicted molar refractivity (Wildman–Crippen MR) is 131 cm³/mol. The van der Waals surface area contributed by atoms with Crippen LogP contribution in [0.1, 0.15) is 59.6 Å². The molecule has 0 aliphatic carbocycles. The molecule has 160 valence electrons. The van der Waals surface area contributed by atoms with Crippen LogP contribution in [-0.4, -0.2) is 20.9 Å². The summed E-state index contributed by atoms with van der Waals surface area (Å²) in [5, 5.41) is 0.262. The van der Waals surface area contributed by atoms with Crippen molar-refractivity contribution in [2.45, 2.75) is 90.0 Å². The normalized spacial score (nSPS) is 29.8. The highest BCUT2D eigenvalue weighted by molar-refractivity contribution is 8.18. The first-order valence-corrected chi connectivity index (χ1v) is 13.2. The molecule has 1 saturated heterocycles. The van der Waals surface area contributed by atoms with Gasteiger partial charge in [-0.05, 0) is 53.1 Å². The van der Waals surface area contributed by atoms with Crippen LogP contribution in [0, 0.1) is 0 Å². The van der Waals surface area contributed by atoms with E-state index in [0.29, 0.717) is 4.58 Å². The van der Waals surface area contributed by atoms with E-state index in [4.69, 9.17) is 9.47 Å². The second kappa shape index (κ2) is 6.79. The molecule has 3 aliphatic heterocycles. The standard InChI is InChI=1S/C25H30O2S3/c1-23(2,3)14-8-10-16-18(12-14)29-22-20(26-16)21-25(7,30-22)27-17-11-9-15(24(4,5)6)13-19(17)28-21/h8-13,20-22H,1-7H3. The van der Waals surface area contributed by atoms with Crippen molar-refractivity contribution in [3.63, 3.8) is 0 Å². The van der Waals surface area contributed by atoms with E-state index >= 15 is 0 Å². The van der Waals surface area contributed by atoms with Crippen LogP contribution in [0.4, 0.5) is 0 Å². The topological polar surface area (TPSA) is 18.5 Å². The maximum Gasteiger partial charge on any atom is 0.168 e. The van der Waals surface area contributed by atoms with Gasteiger partial charge in [0, 0.05) is 0 Å². The van der Waals surface area contributed by atoms with Gasteiger partial charge >= 0.3 is 0 Å². The second-order valence-corrected chi connectivity index (χ2v) is 14.9. The Bertz CT molecular complexity index is 1000. The Kier molecular flexibility index (Phi) is 4.75. The van der Waals surface area contributed by atoms with Gasteiger partial charge < -0.3 is 9.47 Å². The third kappa shape index (κ3) is 3.45. The van der Waals surface area contributed by atoms with E-state index in [1.54, 1.807) is 0 Å². The highest BCUT2D eigenvalue weighted by Crippen LogP contribution is 2.62. The van der Waals surface area contributed by atoms with Crippen LogP contribution in [0.15, 0.2) is 46.2 Å². The van der Waals surface area contributed by atoms with Crippen molar-refractivity contribution in [3.8, 4) is 11.5 Å². The zero-order chi connectivity index (χ0) is 21.5. The van der Waals surface area contributed by atoms with Crippen molar-refractivity contribution in [1.29, 1.82) is 0 Å². The summed E-state index contributed by atoms with van der Waals surface area (Å²) >= 11 is 5.82. The molecular formula is C25H30O2S3. The molecule has 5 heteroatoms. The molecule has 3 aliphatic rings. The summed E-state index contributed by atoms with van der Waals surface area (Å²) in [6, 6.07) is 13.4. The van der Waals surface area contributed by atoms with Crippen LogP contribution in [0.2, 0.25) is 0 Å². The fraction of sp³-hybridized carbons (Fsp3) is 0.520. The zero-order valence-corrected chi connectivity index (χ0v) is 21.2. The van der Waals surface area contributed by atoms with Gasteiger partial charge in [0.05, 0.1) is 19.6 Å². The van der Waals surface area contributed by atoms with Gasteiger partial charge in [-0.15, -0.1) is 23.5 Å². The Morgan fingerprint density at radius 3 is 1.97 bits per heavy atom. The second-order valence-electron chi connectivity index (χ2n) is 10.7. The molecule has 0 aromatic heterocycles. The zero-order valence-electron chi connectivity index (χ0n) is 18.7. The number of benzene rings is 2. The van der Waals surface area contributed by atoms with Gasteiger partial charge in [-0.1, -0.05) is 65.4 Å². The van der Waals surface area contributed by atoms with Crippen LogP contribution in [0.3, 0.4) is 0 Å². The van der Waals surface area contributed by atoms with Gasteiger partial charge in [0.15, 0.2) is 4.93 Å². The lowest BCUT2D eigenvalue weighted by atomic mass is 9.87. The average Bonchev–Trinajstić information content (AvgIpc) is 2.92. The summed E-state index contributed by atoms with van der Waals surface area (Å²) < 4.78 is 13.6. The Hall–Kier alpha value is -0.910. The molecule has 5 rings (SSSR count). The lowest BCUT2D eigenvalue weighted by molar-refractivity contribution is 0.121. The van der Waals surface area contributed by atoms with Crippen molar-refractivity contribution >= 4 is 35.3 Å². The van der Waals surface area contributed by atoms with Crippen LogP contribution in [0.5, 0.6) is 11.5 Å². The summed E-state index contributed by atoms with van der Waals surface area (Å²) in [5.74, 6) is 2.03. The number of hydrogen-bond acceptors (Lipinski definition) is 5. The Balaban J connectivity index is 1.46. The number of thioether (sulfide) groups is 3. The minimum atomic E-state index is -0.280. The fourth-order valence-electron chi connectivity index (χ4n) is 4.21. The molecule has 4 unspecified atom stereocenters. The van der Waals surface area contributed by atoms with Gasteiger partial charge in [-0.25, -0.2) is 0 Å². The Labute approximate surface area is 193 Å². The molecule has 0 amide bonds. The van der Waals surface area contributed by atoms with E-state index in [-0.39, 0.29) is 27.1 Å². The van der Waals surface area contributed by atoms with E-state index in [1.165, 1.54) is 20.9 Å². The van der Waals surface area contributed by atoms with Crippen LogP contribution in [-0.2, 0) is 10.8 Å². The first kappa shape index (κ1) is 21.0. The highest BCUT2D eigenvalue weighted by atomic mass is 32.2. The average molecular weight is 459 g/mol. The number of rotatable bonds is 0. The van der Waals surface area contributed by atoms with Gasteiger partial charge in [-0.2, -0.15) is 0 Å². The molecule has 0 bridgehead atoms. The predicted octanol–water partition coefficient (Wildman–Crippen LogP) is 7.48. The molecule has 0 spiro atoms. The first-order valence-electron chi connectivity index (χ1n) is 10.6. The summed E-state index contributed by atoms with van der Waals surface area (Å²) in [5.41, 5.74) is 2.97. The monoisotopic (exact) mass is 458 g/mol. The summed E-state index contributed by atoms with van der Waals surface area (Å²) in [4.78, 5) is 2.22. The number of hydrogen-bond donors (Lipinski definition) is 0. The van der Waals surface area contributed by atoms with E-state index in [0.717, 1.165) is 11.5 Å². The van der Waals surface area contributed by atoms with Crippen LogP contribution in [0.25, 0.3) is 0 Å². The first-order chi connectivity index (χ1) is 13.9. The summed E-state index contributed by atoms with van der Waals surface area (Å²) in [6.45, 7) is 15.8. The quantitative estimate of drug-likeness (QED) is 0.406. The van der Waals surface area contributed by atoms with Gasteiger partial charge in [0.2, 0.25) is 0 Å². The lowest BCUT2D eigenvalue weighted by Crippen LogP contribution is -2.45. The maximum atomic E-state index is 6.63. The molecule has 2 aromatic rings. The maximum absolute atomic E-state index is 6.63. The van der Waals surface area contributed by atoms with Crippen LogP contribution >= 0.6 is 35.3 Å². The highest BCUT2D eigenvalue weighted by Gasteiger charge is 2.59. The molecule has 30 heavy (non-hydrogen) atoms. The minimum Gasteiger partial charge on any atom is -0.486 e. The van der Waals surface area contributed by atoms with Gasteiger partial charge in [-0.3, -0.25) is 0 Å². The number of ether oxygens (including phenoxy) is 2. The largest absolute Gasteiger partial charge is 0.486 e. The fourth-order valence-corrected chi connectivity index (χ4v) is 9.34. The van der Waals surface area contributed by atoms with Crippen LogP contribution < -0.4 is 9.47 Å². The van der Waals surface area contributed by atoms with Gasteiger partial charge in [0.1, 0.15) is 17.6 Å². The van der Waals surface area contributed by atoms with E-state index in [2.05, 4.69) is 84.9 Å². The van der Waals surface area contributed by atoms with Crippen molar-refractivity contribution in [2.24, 2.45) is 0 Å². The van der Waals surface area contributed by atoms with Crippen molar-refractivity contribution in [2.75, 3.05) is 0 Å². The van der Waals surface area contributed by atoms with Crippen molar-refractivity contribution in [3.05, 3.63) is 47.5 Å². The minimum absolute atomic E-state index is 0.129. The molecule has 3 heterocycles. The van der Waals surface area contributed by atoms with Gasteiger partial charge in [0.25, 0.3) is 0 Å². The summed E-state index contributed by atoms with van der Waals surface area (Å²) in [7, 11) is 0. The molecular weight excluding hydrogens is 428 g/mol. The third-order valence-electron chi connectivity index (χ3n) is 6.13. The molecule has 0 saturated carbocycles. The number of fused-ring (bicyclic) bond motifs is 5. The van der Waals surface area contributed by atoms with E-state index in [9.17, 15) is 0 Å². The summed E-state index contributed by atoms with van der Waals surface area (Å²) in [6.07, 6.45) is 0.134.